The lowest BCUT2D eigenvalue weighted by molar-refractivity contribution is -0.133. The van der Waals surface area contributed by atoms with Crippen LogP contribution in [0.4, 0.5) is 0 Å². The summed E-state index contributed by atoms with van der Waals surface area (Å²) in [5, 5.41) is 4.23. The zero-order valence-electron chi connectivity index (χ0n) is 14.2. The van der Waals surface area contributed by atoms with Crippen molar-refractivity contribution in [2.45, 2.75) is 31.2 Å². The first-order valence-corrected chi connectivity index (χ1v) is 8.60. The first-order chi connectivity index (χ1) is 11.7. The number of rotatable bonds is 4. The van der Waals surface area contributed by atoms with E-state index in [4.69, 9.17) is 4.74 Å². The topological polar surface area (TPSA) is 47.4 Å². The number of benzene rings is 1. The maximum atomic E-state index is 13.0. The average Bonchev–Trinajstić information content (AvgIpc) is 3.03. The van der Waals surface area contributed by atoms with Crippen LogP contribution in [0.25, 0.3) is 0 Å². The average molecular weight is 325 g/mol. The highest BCUT2D eigenvalue weighted by Gasteiger charge is 2.48. The van der Waals surface area contributed by atoms with E-state index in [9.17, 15) is 4.79 Å². The van der Waals surface area contributed by atoms with Crippen LogP contribution in [0.5, 0.6) is 5.75 Å². The van der Waals surface area contributed by atoms with E-state index in [1.165, 1.54) is 11.1 Å². The molecule has 1 saturated carbocycles. The number of carbonyl (C=O) groups is 1. The van der Waals surface area contributed by atoms with Crippen molar-refractivity contribution in [3.05, 3.63) is 47.8 Å². The number of carbonyl (C=O) groups excluding carboxylic acids is 1. The Balaban J connectivity index is 1.50. The van der Waals surface area contributed by atoms with Crippen LogP contribution < -0.4 is 4.74 Å². The maximum absolute atomic E-state index is 13.0. The molecule has 5 heteroatoms. The van der Waals surface area contributed by atoms with Crippen molar-refractivity contribution in [2.24, 2.45) is 13.0 Å². The van der Waals surface area contributed by atoms with Crippen LogP contribution in [-0.4, -0.2) is 34.2 Å². The largest absolute Gasteiger partial charge is 0.497 e. The molecular weight excluding hydrogens is 302 g/mol. The molecule has 0 N–H and O–H groups in total. The third kappa shape index (κ3) is 2.68. The van der Waals surface area contributed by atoms with Gasteiger partial charge in [-0.25, -0.2) is 0 Å². The van der Waals surface area contributed by atoms with Crippen molar-refractivity contribution < 1.29 is 9.53 Å². The van der Waals surface area contributed by atoms with Gasteiger partial charge in [0, 0.05) is 25.7 Å². The summed E-state index contributed by atoms with van der Waals surface area (Å²) in [6.45, 7) is 0.858. The van der Waals surface area contributed by atoms with Gasteiger partial charge in [0.1, 0.15) is 5.75 Å². The van der Waals surface area contributed by atoms with Crippen LogP contribution in [0.3, 0.4) is 0 Å². The Labute approximate surface area is 142 Å². The zero-order valence-corrected chi connectivity index (χ0v) is 14.2. The molecule has 0 spiro atoms. The Bertz CT molecular complexity index is 755. The molecule has 126 valence electrons. The molecule has 1 aliphatic carbocycles. The number of hydrogen-bond acceptors (Lipinski definition) is 3. The van der Waals surface area contributed by atoms with Crippen LogP contribution in [0.2, 0.25) is 0 Å². The fraction of sp³-hybridized carbons (Fsp3) is 0.474. The lowest BCUT2D eigenvalue weighted by Crippen LogP contribution is -2.32. The summed E-state index contributed by atoms with van der Waals surface area (Å²) in [5.41, 5.74) is 2.37. The number of methoxy groups -OCH3 is 1. The quantitative estimate of drug-likeness (QED) is 0.868. The smallest absolute Gasteiger partial charge is 0.226 e. The second-order valence-corrected chi connectivity index (χ2v) is 6.86. The third-order valence-corrected chi connectivity index (χ3v) is 5.28. The summed E-state index contributed by atoms with van der Waals surface area (Å²) in [7, 11) is 3.60. The molecule has 4 rings (SSSR count). The van der Waals surface area contributed by atoms with Gasteiger partial charge >= 0.3 is 0 Å². The van der Waals surface area contributed by atoms with Gasteiger partial charge < -0.3 is 9.64 Å². The summed E-state index contributed by atoms with van der Waals surface area (Å²) in [4.78, 5) is 15.1. The van der Waals surface area contributed by atoms with E-state index in [1.807, 2.05) is 36.3 Å². The van der Waals surface area contributed by atoms with Crippen molar-refractivity contribution in [1.82, 2.24) is 14.7 Å². The molecule has 1 saturated heterocycles. The molecule has 2 heterocycles. The summed E-state index contributed by atoms with van der Waals surface area (Å²) in [6.07, 6.45) is 6.97. The number of aromatic nitrogens is 2. The molecular formula is C19H23N3O2. The SMILES string of the molecule is COc1cccc(C2CCCN2C(=O)C2CC2c2cnn(C)c2)c1. The van der Waals surface area contributed by atoms with E-state index in [0.717, 1.165) is 31.6 Å². The lowest BCUT2D eigenvalue weighted by Gasteiger charge is -2.25. The van der Waals surface area contributed by atoms with E-state index in [0.29, 0.717) is 11.8 Å². The molecule has 1 amide bonds. The highest BCUT2D eigenvalue weighted by Crippen LogP contribution is 2.50. The van der Waals surface area contributed by atoms with Gasteiger partial charge in [-0.05, 0) is 48.4 Å². The van der Waals surface area contributed by atoms with Gasteiger partial charge in [0.05, 0.1) is 19.3 Å². The number of amides is 1. The summed E-state index contributed by atoms with van der Waals surface area (Å²) >= 11 is 0. The molecule has 2 fully saturated rings. The standard InChI is InChI=1S/C19H23N3O2/c1-21-12-14(11-20-21)16-10-17(16)19(23)22-8-4-7-18(22)13-5-3-6-15(9-13)24-2/h3,5-6,9,11-12,16-18H,4,7-8,10H2,1-2H3. The molecule has 2 aliphatic rings. The highest BCUT2D eigenvalue weighted by molar-refractivity contribution is 5.83. The minimum absolute atomic E-state index is 0.125. The number of likely N-dealkylation sites (tertiary alicyclic amines) is 1. The van der Waals surface area contributed by atoms with E-state index in [-0.39, 0.29) is 12.0 Å². The molecule has 24 heavy (non-hydrogen) atoms. The van der Waals surface area contributed by atoms with Gasteiger partial charge in [0.25, 0.3) is 0 Å². The molecule has 1 aromatic carbocycles. The molecule has 1 aromatic heterocycles. The van der Waals surface area contributed by atoms with Gasteiger partial charge in [-0.15, -0.1) is 0 Å². The van der Waals surface area contributed by atoms with Crippen LogP contribution in [0.1, 0.15) is 42.3 Å². The third-order valence-electron chi connectivity index (χ3n) is 5.28. The van der Waals surface area contributed by atoms with E-state index >= 15 is 0 Å². The van der Waals surface area contributed by atoms with Crippen molar-refractivity contribution in [3.63, 3.8) is 0 Å². The maximum Gasteiger partial charge on any atom is 0.226 e. The fourth-order valence-electron chi connectivity index (χ4n) is 3.91. The Morgan fingerprint density at radius 3 is 2.96 bits per heavy atom. The Morgan fingerprint density at radius 2 is 2.21 bits per heavy atom. The van der Waals surface area contributed by atoms with Crippen LogP contribution >= 0.6 is 0 Å². The normalized spacial score (nSPS) is 25.8. The molecule has 0 radical (unpaired) electrons. The predicted octanol–water partition coefficient (Wildman–Crippen LogP) is 2.90. The van der Waals surface area contributed by atoms with Gasteiger partial charge in [-0.3, -0.25) is 9.48 Å². The van der Waals surface area contributed by atoms with Gasteiger partial charge in [0.15, 0.2) is 0 Å². The number of nitrogens with zero attached hydrogens (tertiary/aromatic N) is 3. The molecule has 0 bridgehead atoms. The summed E-state index contributed by atoms with van der Waals surface area (Å²) in [6, 6.07) is 8.29. The molecule has 1 aliphatic heterocycles. The second kappa shape index (κ2) is 5.96. The van der Waals surface area contributed by atoms with Crippen molar-refractivity contribution >= 4 is 5.91 Å². The Kier molecular flexibility index (Phi) is 3.79. The fourth-order valence-corrected chi connectivity index (χ4v) is 3.91. The van der Waals surface area contributed by atoms with E-state index in [2.05, 4.69) is 22.1 Å². The lowest BCUT2D eigenvalue weighted by atomic mass is 10.0. The monoisotopic (exact) mass is 325 g/mol. The molecule has 3 atom stereocenters. The summed E-state index contributed by atoms with van der Waals surface area (Å²) < 4.78 is 7.14. The number of aryl methyl sites for hydroxylation is 1. The van der Waals surface area contributed by atoms with E-state index in [1.54, 1.807) is 7.11 Å². The Morgan fingerprint density at radius 1 is 1.33 bits per heavy atom. The predicted molar refractivity (Wildman–Crippen MR) is 90.7 cm³/mol. The van der Waals surface area contributed by atoms with Crippen molar-refractivity contribution in [3.8, 4) is 5.75 Å². The van der Waals surface area contributed by atoms with Crippen LogP contribution in [0, 0.1) is 5.92 Å². The van der Waals surface area contributed by atoms with Gasteiger partial charge in [-0.1, -0.05) is 12.1 Å². The number of ether oxygens (including phenoxy) is 1. The van der Waals surface area contributed by atoms with E-state index < -0.39 is 0 Å². The first kappa shape index (κ1) is 15.2. The van der Waals surface area contributed by atoms with Gasteiger partial charge in [-0.2, -0.15) is 5.10 Å². The van der Waals surface area contributed by atoms with Crippen LogP contribution in [0.15, 0.2) is 36.7 Å². The zero-order chi connectivity index (χ0) is 16.7. The molecule has 2 aromatic rings. The van der Waals surface area contributed by atoms with Gasteiger partial charge in [0.2, 0.25) is 5.91 Å². The minimum atomic E-state index is 0.125. The first-order valence-electron chi connectivity index (χ1n) is 8.60. The highest BCUT2D eigenvalue weighted by atomic mass is 16.5. The molecule has 5 nitrogen and oxygen atoms in total. The number of hydrogen-bond donors (Lipinski definition) is 0. The Hall–Kier alpha value is -2.30. The summed E-state index contributed by atoms with van der Waals surface area (Å²) in [5.74, 6) is 1.62. The van der Waals surface area contributed by atoms with Crippen LogP contribution in [-0.2, 0) is 11.8 Å². The molecule has 3 unspecified atom stereocenters. The minimum Gasteiger partial charge on any atom is -0.497 e. The van der Waals surface area contributed by atoms with Crippen molar-refractivity contribution in [2.75, 3.05) is 13.7 Å². The van der Waals surface area contributed by atoms with Crippen molar-refractivity contribution in [1.29, 1.82) is 0 Å². The second-order valence-electron chi connectivity index (χ2n) is 6.86.